The first-order valence-electron chi connectivity index (χ1n) is 7.74. The van der Waals surface area contributed by atoms with E-state index >= 15 is 0 Å². The van der Waals surface area contributed by atoms with E-state index < -0.39 is 11.9 Å². The Hall–Kier alpha value is -1.82. The van der Waals surface area contributed by atoms with Gasteiger partial charge in [-0.15, -0.1) is 0 Å². The largest absolute Gasteiger partial charge is 0.433 e. The van der Waals surface area contributed by atoms with Crippen LogP contribution in [-0.4, -0.2) is 24.4 Å². The number of alkyl halides is 3. The molecule has 1 aliphatic rings. The van der Waals surface area contributed by atoms with Gasteiger partial charge in [0.05, 0.1) is 5.52 Å². The smallest absolute Gasteiger partial charge is 0.371 e. The second-order valence-corrected chi connectivity index (χ2v) is 6.46. The number of carbonyl (C=O) groups excluding carboxylic acids is 1. The van der Waals surface area contributed by atoms with Crippen LogP contribution in [-0.2, 0) is 11.0 Å². The minimum Gasteiger partial charge on any atom is -0.371 e. The molecule has 24 heavy (non-hydrogen) atoms. The van der Waals surface area contributed by atoms with Gasteiger partial charge in [-0.2, -0.15) is 13.2 Å². The lowest BCUT2D eigenvalue weighted by Gasteiger charge is -2.34. The molecule has 0 radical (unpaired) electrons. The third kappa shape index (κ3) is 3.48. The standard InChI is InChI=1S/C17H16ClF3N2O/c18-12-1-2-13-14(9-12)22-16(17(19,20)21)10-15(13)23-6-3-11(4-7-23)5-8-24/h1-2,8-11H,3-7H2. The number of fused-ring (bicyclic) bond motifs is 1. The fraction of sp³-hybridized carbons (Fsp3) is 0.412. The van der Waals surface area contributed by atoms with Crippen molar-refractivity contribution in [3.05, 3.63) is 35.0 Å². The molecule has 3 nitrogen and oxygen atoms in total. The Kier molecular flexibility index (Phi) is 4.67. The molecule has 1 aliphatic heterocycles. The zero-order valence-corrected chi connectivity index (χ0v) is 13.6. The van der Waals surface area contributed by atoms with Crippen molar-refractivity contribution in [1.82, 2.24) is 4.98 Å². The minimum absolute atomic E-state index is 0.238. The van der Waals surface area contributed by atoms with Gasteiger partial charge in [-0.25, -0.2) is 4.98 Å². The second-order valence-electron chi connectivity index (χ2n) is 6.02. The lowest BCUT2D eigenvalue weighted by atomic mass is 9.93. The maximum atomic E-state index is 13.2. The molecule has 0 saturated carbocycles. The average Bonchev–Trinajstić information content (AvgIpc) is 2.53. The summed E-state index contributed by atoms with van der Waals surface area (Å²) in [7, 11) is 0. The van der Waals surface area contributed by atoms with E-state index in [1.165, 1.54) is 6.07 Å². The number of nitrogens with zero attached hydrogens (tertiary/aromatic N) is 2. The van der Waals surface area contributed by atoms with Crippen LogP contribution < -0.4 is 4.90 Å². The summed E-state index contributed by atoms with van der Waals surface area (Å²) in [6.07, 6.45) is -1.52. The highest BCUT2D eigenvalue weighted by molar-refractivity contribution is 6.31. The number of halogens is 4. The summed E-state index contributed by atoms with van der Waals surface area (Å²) in [5, 5.41) is 1.01. The fourth-order valence-electron chi connectivity index (χ4n) is 3.14. The molecule has 0 amide bonds. The number of pyridine rings is 1. The maximum absolute atomic E-state index is 13.2. The van der Waals surface area contributed by atoms with Gasteiger partial charge < -0.3 is 9.69 Å². The van der Waals surface area contributed by atoms with Crippen LogP contribution in [0.2, 0.25) is 5.02 Å². The summed E-state index contributed by atoms with van der Waals surface area (Å²) in [5.74, 6) is 0.309. The molecule has 0 atom stereocenters. The van der Waals surface area contributed by atoms with Crippen molar-refractivity contribution in [3.8, 4) is 0 Å². The Labute approximate surface area is 142 Å². The van der Waals surface area contributed by atoms with Gasteiger partial charge in [0.2, 0.25) is 0 Å². The maximum Gasteiger partial charge on any atom is 0.433 e. The van der Waals surface area contributed by atoms with Crippen LogP contribution in [0.25, 0.3) is 10.9 Å². The molecule has 0 N–H and O–H groups in total. The van der Waals surface area contributed by atoms with E-state index in [4.69, 9.17) is 11.6 Å². The zero-order valence-electron chi connectivity index (χ0n) is 12.8. The fourth-order valence-corrected chi connectivity index (χ4v) is 3.30. The molecule has 0 aliphatic carbocycles. The van der Waals surface area contributed by atoms with Gasteiger partial charge in [-0.3, -0.25) is 0 Å². The topological polar surface area (TPSA) is 33.2 Å². The molecule has 0 bridgehead atoms. The summed E-state index contributed by atoms with van der Waals surface area (Å²) in [6.45, 7) is 1.25. The Morgan fingerprint density at radius 3 is 2.58 bits per heavy atom. The molecule has 1 saturated heterocycles. The first kappa shape index (κ1) is 17.0. The van der Waals surface area contributed by atoms with Crippen molar-refractivity contribution in [2.75, 3.05) is 18.0 Å². The molecule has 1 fully saturated rings. The molecule has 1 aromatic heterocycles. The summed E-state index contributed by atoms with van der Waals surface area (Å²) >= 11 is 5.91. The van der Waals surface area contributed by atoms with Gasteiger partial charge in [0.15, 0.2) is 0 Å². The Morgan fingerprint density at radius 1 is 1.25 bits per heavy atom. The van der Waals surface area contributed by atoms with Crippen LogP contribution in [0.4, 0.5) is 18.9 Å². The third-order valence-electron chi connectivity index (χ3n) is 4.43. The number of piperidine rings is 1. The highest BCUT2D eigenvalue weighted by Crippen LogP contribution is 2.37. The molecule has 3 rings (SSSR count). The number of hydrogen-bond acceptors (Lipinski definition) is 3. The highest BCUT2D eigenvalue weighted by Gasteiger charge is 2.34. The predicted octanol–water partition coefficient (Wildman–Crippen LogP) is 4.71. The average molecular weight is 357 g/mol. The van der Waals surface area contributed by atoms with E-state index in [1.807, 2.05) is 4.90 Å². The van der Waals surface area contributed by atoms with Crippen LogP contribution in [0.1, 0.15) is 25.0 Å². The molecule has 2 aromatic rings. The Bertz CT molecular complexity index is 755. The van der Waals surface area contributed by atoms with Gasteiger partial charge in [-0.05, 0) is 43.0 Å². The van der Waals surface area contributed by atoms with Crippen molar-refractivity contribution < 1.29 is 18.0 Å². The number of carbonyl (C=O) groups is 1. The SMILES string of the molecule is O=CCC1CCN(c2cc(C(F)(F)F)nc3cc(Cl)ccc23)CC1. The summed E-state index contributed by atoms with van der Waals surface area (Å²) in [4.78, 5) is 16.3. The molecule has 0 spiro atoms. The number of hydrogen-bond donors (Lipinski definition) is 0. The van der Waals surface area contributed by atoms with Crippen LogP contribution in [0.3, 0.4) is 0 Å². The highest BCUT2D eigenvalue weighted by atomic mass is 35.5. The van der Waals surface area contributed by atoms with E-state index in [9.17, 15) is 18.0 Å². The molecule has 2 heterocycles. The van der Waals surface area contributed by atoms with Crippen LogP contribution in [0.5, 0.6) is 0 Å². The molecule has 7 heteroatoms. The van der Waals surface area contributed by atoms with E-state index in [1.54, 1.807) is 12.1 Å². The first-order valence-corrected chi connectivity index (χ1v) is 8.12. The predicted molar refractivity (Wildman–Crippen MR) is 87.4 cm³/mol. The molecular weight excluding hydrogens is 341 g/mol. The number of aldehydes is 1. The number of aromatic nitrogens is 1. The van der Waals surface area contributed by atoms with E-state index in [0.717, 1.165) is 25.2 Å². The van der Waals surface area contributed by atoms with Crippen LogP contribution >= 0.6 is 11.6 Å². The van der Waals surface area contributed by atoms with Crippen molar-refractivity contribution in [3.63, 3.8) is 0 Å². The van der Waals surface area contributed by atoms with Crippen LogP contribution in [0.15, 0.2) is 24.3 Å². The minimum atomic E-state index is -4.51. The normalized spacial score (nSPS) is 16.6. The van der Waals surface area contributed by atoms with Gasteiger partial charge in [-0.1, -0.05) is 11.6 Å². The summed E-state index contributed by atoms with van der Waals surface area (Å²) in [6, 6.07) is 5.92. The lowest BCUT2D eigenvalue weighted by molar-refractivity contribution is -0.140. The number of benzene rings is 1. The van der Waals surface area contributed by atoms with Gasteiger partial charge in [0.1, 0.15) is 12.0 Å². The van der Waals surface area contributed by atoms with Crippen molar-refractivity contribution >= 4 is 34.5 Å². The third-order valence-corrected chi connectivity index (χ3v) is 4.66. The van der Waals surface area contributed by atoms with Crippen molar-refractivity contribution in [1.29, 1.82) is 0 Å². The zero-order chi connectivity index (χ0) is 17.3. The lowest BCUT2D eigenvalue weighted by Crippen LogP contribution is -2.34. The second kappa shape index (κ2) is 6.59. The summed E-state index contributed by atoms with van der Waals surface area (Å²) < 4.78 is 39.5. The molecule has 1 aromatic carbocycles. The first-order chi connectivity index (χ1) is 11.4. The van der Waals surface area contributed by atoms with Crippen LogP contribution in [0, 0.1) is 5.92 Å². The number of anilines is 1. The van der Waals surface area contributed by atoms with Crippen molar-refractivity contribution in [2.24, 2.45) is 5.92 Å². The van der Waals surface area contributed by atoms with Gasteiger partial charge >= 0.3 is 6.18 Å². The van der Waals surface area contributed by atoms with E-state index in [-0.39, 0.29) is 5.52 Å². The van der Waals surface area contributed by atoms with E-state index in [0.29, 0.717) is 41.5 Å². The Morgan fingerprint density at radius 2 is 1.96 bits per heavy atom. The molecule has 0 unspecified atom stereocenters. The Balaban J connectivity index is 2.01. The van der Waals surface area contributed by atoms with Gasteiger partial charge in [0, 0.05) is 35.6 Å². The molecule has 128 valence electrons. The van der Waals surface area contributed by atoms with E-state index in [2.05, 4.69) is 4.98 Å². The summed E-state index contributed by atoms with van der Waals surface area (Å²) in [5.41, 5.74) is -0.154. The van der Waals surface area contributed by atoms with Crippen molar-refractivity contribution in [2.45, 2.75) is 25.4 Å². The molecular formula is C17H16ClF3N2O. The number of rotatable bonds is 3. The van der Waals surface area contributed by atoms with Gasteiger partial charge in [0.25, 0.3) is 0 Å². The quantitative estimate of drug-likeness (QED) is 0.746. The monoisotopic (exact) mass is 356 g/mol.